The molecule has 0 saturated carbocycles. The van der Waals surface area contributed by atoms with Crippen LogP contribution in [0, 0.1) is 0 Å². The average Bonchev–Trinajstić information content (AvgIpc) is 3.19. The fourth-order valence-electron chi connectivity index (χ4n) is 2.70. The van der Waals surface area contributed by atoms with Gasteiger partial charge in [0.15, 0.2) is 11.8 Å². The minimum absolute atomic E-state index is 0.676. The molecule has 3 rings (SSSR count). The zero-order valence-corrected chi connectivity index (χ0v) is 16.4. The van der Waals surface area contributed by atoms with Gasteiger partial charge in [-0.2, -0.15) is 5.10 Å². The number of benzene rings is 2. The Morgan fingerprint density at radius 2 is 2.08 bits per heavy atom. The van der Waals surface area contributed by atoms with E-state index in [0.717, 1.165) is 33.9 Å². The summed E-state index contributed by atoms with van der Waals surface area (Å²) in [6, 6.07) is 16.4. The molecule has 0 unspecified atom stereocenters. The van der Waals surface area contributed by atoms with E-state index in [2.05, 4.69) is 64.5 Å². The van der Waals surface area contributed by atoms with E-state index in [0.29, 0.717) is 6.54 Å². The fraction of sp³-hybridized carbons (Fsp3) is 0.211. The molecule has 0 bridgehead atoms. The summed E-state index contributed by atoms with van der Waals surface area (Å²) in [7, 11) is 3.82. The van der Waals surface area contributed by atoms with Gasteiger partial charge in [0.05, 0.1) is 0 Å². The van der Waals surface area contributed by atoms with E-state index in [9.17, 15) is 0 Å². The molecular weight excluding hydrogens is 392 g/mol. The Balaban J connectivity index is 1.64. The van der Waals surface area contributed by atoms with Crippen LogP contribution in [0.2, 0.25) is 0 Å². The molecule has 1 aromatic heterocycles. The lowest BCUT2D eigenvalue weighted by molar-refractivity contribution is 0.475. The van der Waals surface area contributed by atoms with E-state index in [1.165, 1.54) is 11.9 Å². The van der Waals surface area contributed by atoms with E-state index < -0.39 is 0 Å². The Kier molecular flexibility index (Phi) is 6.01. The number of H-pyrrole nitrogens is 1. The number of rotatable bonds is 5. The first kappa shape index (κ1) is 18.1. The smallest absolute Gasteiger partial charge is 0.193 e. The number of guanidine groups is 1. The quantitative estimate of drug-likeness (QED) is 0.497. The lowest BCUT2D eigenvalue weighted by atomic mass is 10.1. The molecule has 0 spiro atoms. The van der Waals surface area contributed by atoms with Gasteiger partial charge in [-0.05, 0) is 23.3 Å². The van der Waals surface area contributed by atoms with Crippen LogP contribution in [-0.4, -0.2) is 40.1 Å². The van der Waals surface area contributed by atoms with Crippen LogP contribution in [0.1, 0.15) is 11.1 Å². The van der Waals surface area contributed by atoms with Crippen molar-refractivity contribution in [3.05, 3.63) is 70.5 Å². The van der Waals surface area contributed by atoms with Crippen molar-refractivity contribution >= 4 is 21.9 Å². The molecule has 3 aromatic rings. The third-order valence-electron chi connectivity index (χ3n) is 4.00. The molecule has 6 nitrogen and oxygen atoms in total. The van der Waals surface area contributed by atoms with Crippen LogP contribution < -0.4 is 5.32 Å². The maximum absolute atomic E-state index is 4.39. The Hall–Kier alpha value is -2.67. The van der Waals surface area contributed by atoms with E-state index in [-0.39, 0.29) is 0 Å². The molecule has 0 amide bonds. The summed E-state index contributed by atoms with van der Waals surface area (Å²) in [6.45, 7) is 1.44. The summed E-state index contributed by atoms with van der Waals surface area (Å²) in [5.74, 6) is 1.60. The van der Waals surface area contributed by atoms with Crippen molar-refractivity contribution in [1.82, 2.24) is 25.4 Å². The Bertz CT molecular complexity index is 875. The number of hydrogen-bond donors (Lipinski definition) is 2. The summed E-state index contributed by atoms with van der Waals surface area (Å²) in [5.41, 5.74) is 3.37. The van der Waals surface area contributed by atoms with Crippen LogP contribution in [0.5, 0.6) is 0 Å². The highest BCUT2D eigenvalue weighted by molar-refractivity contribution is 9.10. The minimum atomic E-state index is 0.676. The maximum atomic E-state index is 4.39. The molecule has 0 saturated heterocycles. The molecule has 134 valence electrons. The SMILES string of the molecule is CN=C(NCc1cccc(-c2ncn[nH]2)c1)N(C)Cc1ccccc1Br. The summed E-state index contributed by atoms with van der Waals surface area (Å²) in [6.07, 6.45) is 1.51. The Morgan fingerprint density at radius 3 is 2.81 bits per heavy atom. The number of nitrogens with one attached hydrogen (secondary N) is 2. The number of aromatic nitrogens is 3. The highest BCUT2D eigenvalue weighted by Crippen LogP contribution is 2.18. The predicted octanol–water partition coefficient (Wildman–Crippen LogP) is 3.44. The third-order valence-corrected chi connectivity index (χ3v) is 4.78. The molecular formula is C19H21BrN6. The van der Waals surface area contributed by atoms with Crippen LogP contribution in [-0.2, 0) is 13.1 Å². The first-order valence-corrected chi connectivity index (χ1v) is 9.06. The van der Waals surface area contributed by atoms with Gasteiger partial charge in [-0.3, -0.25) is 10.1 Å². The molecule has 2 aromatic carbocycles. The van der Waals surface area contributed by atoms with E-state index in [1.54, 1.807) is 7.05 Å². The molecule has 0 aliphatic heterocycles. The molecule has 0 radical (unpaired) electrons. The molecule has 1 heterocycles. The van der Waals surface area contributed by atoms with E-state index in [1.807, 2.05) is 37.4 Å². The Morgan fingerprint density at radius 1 is 1.23 bits per heavy atom. The average molecular weight is 413 g/mol. The van der Waals surface area contributed by atoms with Gasteiger partial charge in [0.1, 0.15) is 6.33 Å². The summed E-state index contributed by atoms with van der Waals surface area (Å²) in [5, 5.41) is 10.2. The fourth-order valence-corrected chi connectivity index (χ4v) is 3.11. The van der Waals surface area contributed by atoms with Gasteiger partial charge in [0.2, 0.25) is 0 Å². The van der Waals surface area contributed by atoms with E-state index >= 15 is 0 Å². The van der Waals surface area contributed by atoms with Crippen molar-refractivity contribution in [3.8, 4) is 11.4 Å². The second-order valence-corrected chi connectivity index (χ2v) is 6.74. The molecule has 0 aliphatic rings. The van der Waals surface area contributed by atoms with Gasteiger partial charge in [0.25, 0.3) is 0 Å². The van der Waals surface area contributed by atoms with Crippen LogP contribution in [0.3, 0.4) is 0 Å². The third kappa shape index (κ3) is 4.49. The van der Waals surface area contributed by atoms with Crippen molar-refractivity contribution in [1.29, 1.82) is 0 Å². The summed E-state index contributed by atoms with van der Waals surface area (Å²) < 4.78 is 1.10. The molecule has 2 N–H and O–H groups in total. The van der Waals surface area contributed by atoms with Crippen LogP contribution in [0.4, 0.5) is 0 Å². The van der Waals surface area contributed by atoms with Gasteiger partial charge < -0.3 is 10.2 Å². The lowest BCUT2D eigenvalue weighted by Gasteiger charge is -2.23. The predicted molar refractivity (Wildman–Crippen MR) is 108 cm³/mol. The van der Waals surface area contributed by atoms with Gasteiger partial charge >= 0.3 is 0 Å². The maximum Gasteiger partial charge on any atom is 0.193 e. The number of aromatic amines is 1. The standard InChI is InChI=1S/C19H21BrN6/c1-21-19(26(2)12-16-7-3-4-9-17(16)20)22-11-14-6-5-8-15(10-14)18-23-13-24-25-18/h3-10,13H,11-12H2,1-2H3,(H,21,22)(H,23,24,25). The monoisotopic (exact) mass is 412 g/mol. The number of halogens is 1. The molecule has 7 heteroatoms. The second kappa shape index (κ2) is 8.62. The van der Waals surface area contributed by atoms with E-state index in [4.69, 9.17) is 0 Å². The van der Waals surface area contributed by atoms with Gasteiger partial charge in [-0.15, -0.1) is 0 Å². The van der Waals surface area contributed by atoms with Crippen molar-refractivity contribution in [3.63, 3.8) is 0 Å². The number of hydrogen-bond acceptors (Lipinski definition) is 3. The van der Waals surface area contributed by atoms with Crippen molar-refractivity contribution < 1.29 is 0 Å². The van der Waals surface area contributed by atoms with Gasteiger partial charge in [0, 0.05) is 37.2 Å². The van der Waals surface area contributed by atoms with Gasteiger partial charge in [-0.25, -0.2) is 4.98 Å². The normalized spacial score (nSPS) is 11.4. The first-order valence-electron chi connectivity index (χ1n) is 8.27. The van der Waals surface area contributed by atoms with Crippen LogP contribution >= 0.6 is 15.9 Å². The van der Waals surface area contributed by atoms with Crippen molar-refractivity contribution in [2.75, 3.05) is 14.1 Å². The highest BCUT2D eigenvalue weighted by Gasteiger charge is 2.09. The zero-order valence-electron chi connectivity index (χ0n) is 14.8. The summed E-state index contributed by atoms with van der Waals surface area (Å²) >= 11 is 3.60. The van der Waals surface area contributed by atoms with Crippen LogP contribution in [0.15, 0.2) is 64.3 Å². The van der Waals surface area contributed by atoms with Crippen molar-refractivity contribution in [2.24, 2.45) is 4.99 Å². The van der Waals surface area contributed by atoms with Gasteiger partial charge in [-0.1, -0.05) is 52.3 Å². The second-order valence-electron chi connectivity index (χ2n) is 5.88. The topological polar surface area (TPSA) is 69.2 Å². The molecule has 0 fully saturated rings. The minimum Gasteiger partial charge on any atom is -0.352 e. The summed E-state index contributed by atoms with van der Waals surface area (Å²) in [4.78, 5) is 10.7. The largest absolute Gasteiger partial charge is 0.352 e. The number of nitrogens with zero attached hydrogens (tertiary/aromatic N) is 4. The Labute approximate surface area is 161 Å². The van der Waals surface area contributed by atoms with Crippen LogP contribution in [0.25, 0.3) is 11.4 Å². The zero-order chi connectivity index (χ0) is 18.4. The molecule has 26 heavy (non-hydrogen) atoms. The van der Waals surface area contributed by atoms with Crippen molar-refractivity contribution in [2.45, 2.75) is 13.1 Å². The first-order chi connectivity index (χ1) is 12.7. The highest BCUT2D eigenvalue weighted by atomic mass is 79.9. The molecule has 0 aliphatic carbocycles. The lowest BCUT2D eigenvalue weighted by Crippen LogP contribution is -2.38. The number of aliphatic imine (C=N–C) groups is 1. The molecule has 0 atom stereocenters.